The molecule has 10 nitrogen and oxygen atoms in total. The van der Waals surface area contributed by atoms with Crippen LogP contribution in [-0.4, -0.2) is 35.4 Å². The number of aromatic nitrogens is 5. The molecule has 1 N–H and O–H groups in total. The van der Waals surface area contributed by atoms with Crippen molar-refractivity contribution >= 4 is 40.7 Å². The average molecular weight is 452 g/mol. The van der Waals surface area contributed by atoms with Gasteiger partial charge in [0.1, 0.15) is 17.7 Å². The summed E-state index contributed by atoms with van der Waals surface area (Å²) in [6, 6.07) is 5.21. The second kappa shape index (κ2) is 8.80. The highest BCUT2D eigenvalue weighted by Crippen LogP contribution is 2.25. The van der Waals surface area contributed by atoms with Crippen molar-refractivity contribution in [1.82, 2.24) is 24.5 Å². The Morgan fingerprint density at radius 1 is 1.27 bits per heavy atom. The summed E-state index contributed by atoms with van der Waals surface area (Å²) in [4.78, 5) is 27.3. The second-order valence-corrected chi connectivity index (χ2v) is 7.63. The fourth-order valence-corrected chi connectivity index (χ4v) is 3.50. The van der Waals surface area contributed by atoms with Crippen LogP contribution in [0.4, 0.5) is 11.6 Å². The lowest BCUT2D eigenvalue weighted by Gasteiger charge is -2.11. The third-order valence-electron chi connectivity index (χ3n) is 4.57. The average Bonchev–Trinajstić information content (AvgIpc) is 3.22. The molecule has 1 atom stereocenters. The number of rotatable bonds is 7. The van der Waals surface area contributed by atoms with Gasteiger partial charge in [-0.2, -0.15) is 5.10 Å². The number of anilines is 1. The summed E-state index contributed by atoms with van der Waals surface area (Å²) in [6.07, 6.45) is 1.46. The van der Waals surface area contributed by atoms with Crippen molar-refractivity contribution < 1.29 is 9.72 Å². The van der Waals surface area contributed by atoms with Gasteiger partial charge in [-0.05, 0) is 26.0 Å². The Hall–Kier alpha value is -2.98. The van der Waals surface area contributed by atoms with E-state index in [0.717, 1.165) is 0 Å². The minimum Gasteiger partial charge on any atom is -0.293 e. The van der Waals surface area contributed by atoms with Gasteiger partial charge in [-0.15, -0.1) is 5.10 Å². The number of amides is 1. The maximum atomic E-state index is 12.5. The van der Waals surface area contributed by atoms with Crippen molar-refractivity contribution in [3.63, 3.8) is 0 Å². The van der Waals surface area contributed by atoms with Gasteiger partial charge in [0.2, 0.25) is 11.9 Å². The molecule has 1 unspecified atom stereocenters. The van der Waals surface area contributed by atoms with Gasteiger partial charge in [-0.25, -0.2) is 9.67 Å². The Labute approximate surface area is 182 Å². The maximum Gasteiger partial charge on any atom is 0.312 e. The molecule has 0 aliphatic rings. The van der Waals surface area contributed by atoms with Gasteiger partial charge in [-0.3, -0.25) is 24.9 Å². The maximum absolute atomic E-state index is 12.5. The van der Waals surface area contributed by atoms with Gasteiger partial charge in [0.15, 0.2) is 0 Å². The van der Waals surface area contributed by atoms with Crippen LogP contribution < -0.4 is 5.32 Å². The van der Waals surface area contributed by atoms with Crippen molar-refractivity contribution in [2.45, 2.75) is 33.9 Å². The number of nitro groups is 1. The number of hydrogen-bond acceptors (Lipinski definition) is 6. The third-order valence-corrected chi connectivity index (χ3v) is 5.28. The Morgan fingerprint density at radius 2 is 1.93 bits per heavy atom. The number of hydrogen-bond donors (Lipinski definition) is 1. The molecule has 0 radical (unpaired) electrons. The van der Waals surface area contributed by atoms with Gasteiger partial charge in [0.25, 0.3) is 0 Å². The zero-order valence-corrected chi connectivity index (χ0v) is 18.0. The topological polar surface area (TPSA) is 121 Å². The van der Waals surface area contributed by atoms with Crippen LogP contribution in [0.3, 0.4) is 0 Å². The van der Waals surface area contributed by atoms with Crippen molar-refractivity contribution in [2.24, 2.45) is 5.92 Å². The molecule has 30 heavy (non-hydrogen) atoms. The standard InChI is InChI=1S/C18H19Cl2N7O3/c1-10(7-26-12(3)16(27(29)30)11(2)23-26)17(28)22-18-21-9-25(24-18)8-13-14(19)5-4-6-15(13)20/h4-6,9-10H,7-8H2,1-3H3,(H,22,24,28). The van der Waals surface area contributed by atoms with E-state index in [1.54, 1.807) is 39.0 Å². The predicted molar refractivity (Wildman–Crippen MR) is 112 cm³/mol. The molecule has 1 amide bonds. The van der Waals surface area contributed by atoms with Gasteiger partial charge < -0.3 is 0 Å². The van der Waals surface area contributed by atoms with E-state index in [1.807, 2.05) is 0 Å². The molecule has 0 saturated heterocycles. The summed E-state index contributed by atoms with van der Waals surface area (Å²) >= 11 is 12.3. The van der Waals surface area contributed by atoms with Gasteiger partial charge in [0, 0.05) is 15.6 Å². The molecule has 2 heterocycles. The molecule has 0 aliphatic carbocycles. The predicted octanol–water partition coefficient (Wildman–Crippen LogP) is 3.63. The fraction of sp³-hybridized carbons (Fsp3) is 0.333. The van der Waals surface area contributed by atoms with Crippen LogP contribution in [0.2, 0.25) is 10.0 Å². The lowest BCUT2D eigenvalue weighted by Crippen LogP contribution is -2.26. The van der Waals surface area contributed by atoms with Crippen LogP contribution in [0.5, 0.6) is 0 Å². The van der Waals surface area contributed by atoms with Crippen LogP contribution in [-0.2, 0) is 17.9 Å². The molecule has 158 valence electrons. The van der Waals surface area contributed by atoms with E-state index in [2.05, 4.69) is 20.5 Å². The van der Waals surface area contributed by atoms with E-state index in [4.69, 9.17) is 23.2 Å². The van der Waals surface area contributed by atoms with E-state index in [-0.39, 0.29) is 24.1 Å². The number of halogens is 2. The quantitative estimate of drug-likeness (QED) is 0.432. The molecule has 2 aromatic heterocycles. The van der Waals surface area contributed by atoms with E-state index in [1.165, 1.54) is 15.7 Å². The highest BCUT2D eigenvalue weighted by molar-refractivity contribution is 6.35. The van der Waals surface area contributed by atoms with Crippen molar-refractivity contribution in [3.05, 3.63) is 61.6 Å². The molecular weight excluding hydrogens is 433 g/mol. The minimum atomic E-state index is -0.521. The van der Waals surface area contributed by atoms with E-state index in [9.17, 15) is 14.9 Å². The molecule has 12 heteroatoms. The number of nitrogens with zero attached hydrogens (tertiary/aromatic N) is 6. The van der Waals surface area contributed by atoms with Gasteiger partial charge in [0.05, 0.1) is 23.9 Å². The second-order valence-electron chi connectivity index (χ2n) is 6.81. The number of nitrogens with one attached hydrogen (secondary N) is 1. The molecule has 0 spiro atoms. The highest BCUT2D eigenvalue weighted by Gasteiger charge is 2.24. The molecule has 3 aromatic rings. The molecule has 0 bridgehead atoms. The molecule has 0 aliphatic heterocycles. The fourth-order valence-electron chi connectivity index (χ4n) is 2.98. The lowest BCUT2D eigenvalue weighted by molar-refractivity contribution is -0.386. The van der Waals surface area contributed by atoms with Crippen molar-refractivity contribution in [2.75, 3.05) is 5.32 Å². The monoisotopic (exact) mass is 451 g/mol. The highest BCUT2D eigenvalue weighted by atomic mass is 35.5. The van der Waals surface area contributed by atoms with E-state index in [0.29, 0.717) is 33.5 Å². The Morgan fingerprint density at radius 3 is 2.53 bits per heavy atom. The van der Waals surface area contributed by atoms with Crippen LogP contribution in [0, 0.1) is 29.9 Å². The largest absolute Gasteiger partial charge is 0.312 e. The summed E-state index contributed by atoms with van der Waals surface area (Å²) < 4.78 is 2.97. The van der Waals surface area contributed by atoms with Crippen LogP contribution >= 0.6 is 23.2 Å². The Balaban J connectivity index is 1.65. The molecular formula is C18H19Cl2N7O3. The third kappa shape index (κ3) is 4.60. The number of carbonyl (C=O) groups excluding carboxylic acids is 1. The first kappa shape index (κ1) is 21.7. The molecule has 0 fully saturated rings. The van der Waals surface area contributed by atoms with Gasteiger partial charge in [-0.1, -0.05) is 36.2 Å². The van der Waals surface area contributed by atoms with E-state index >= 15 is 0 Å². The minimum absolute atomic E-state index is 0.0405. The SMILES string of the molecule is Cc1nn(CC(C)C(=O)Nc2ncn(Cc3c(Cl)cccc3Cl)n2)c(C)c1[N+](=O)[O-]. The lowest BCUT2D eigenvalue weighted by atomic mass is 10.1. The van der Waals surface area contributed by atoms with Crippen molar-refractivity contribution in [3.8, 4) is 0 Å². The van der Waals surface area contributed by atoms with Gasteiger partial charge >= 0.3 is 5.69 Å². The first-order valence-corrected chi connectivity index (χ1v) is 9.74. The summed E-state index contributed by atoms with van der Waals surface area (Å²) in [6.45, 7) is 5.34. The van der Waals surface area contributed by atoms with Crippen molar-refractivity contribution in [1.29, 1.82) is 0 Å². The number of carbonyl (C=O) groups is 1. The molecule has 0 saturated carbocycles. The first-order chi connectivity index (χ1) is 14.2. The summed E-state index contributed by atoms with van der Waals surface area (Å²) in [5.74, 6) is -0.722. The van der Waals surface area contributed by atoms with Crippen LogP contribution in [0.25, 0.3) is 0 Å². The summed E-state index contributed by atoms with van der Waals surface area (Å²) in [7, 11) is 0. The first-order valence-electron chi connectivity index (χ1n) is 8.99. The summed E-state index contributed by atoms with van der Waals surface area (Å²) in [5.41, 5.74) is 1.37. The summed E-state index contributed by atoms with van der Waals surface area (Å²) in [5, 5.41) is 23.2. The van der Waals surface area contributed by atoms with Crippen LogP contribution in [0.15, 0.2) is 24.5 Å². The normalized spacial score (nSPS) is 12.0. The number of aryl methyl sites for hydroxylation is 1. The smallest absolute Gasteiger partial charge is 0.293 e. The number of benzene rings is 1. The zero-order chi connectivity index (χ0) is 22.0. The Kier molecular flexibility index (Phi) is 6.37. The Bertz CT molecular complexity index is 1090. The molecule has 1 aromatic carbocycles. The van der Waals surface area contributed by atoms with Crippen LogP contribution in [0.1, 0.15) is 23.9 Å². The zero-order valence-electron chi connectivity index (χ0n) is 16.5. The van der Waals surface area contributed by atoms with E-state index < -0.39 is 10.8 Å². The molecule has 3 rings (SSSR count).